The van der Waals surface area contributed by atoms with Gasteiger partial charge in [0.05, 0.1) is 12.8 Å². The number of anilines is 3. The maximum atomic E-state index is 15.2. The van der Waals surface area contributed by atoms with E-state index >= 15 is 4.39 Å². The Kier molecular flexibility index (Phi) is 6.12. The molecule has 10 heteroatoms. The highest BCUT2D eigenvalue weighted by Gasteiger charge is 2.20. The Hall–Kier alpha value is -3.92. The van der Waals surface area contributed by atoms with Gasteiger partial charge in [-0.3, -0.25) is 0 Å². The summed E-state index contributed by atoms with van der Waals surface area (Å²) >= 11 is 0. The Morgan fingerprint density at radius 3 is 2.54 bits per heavy atom. The number of likely N-dealkylation sites (N-methyl/N-ethyl adjacent to an activating group) is 1. The van der Waals surface area contributed by atoms with Gasteiger partial charge in [-0.15, -0.1) is 0 Å². The van der Waals surface area contributed by atoms with E-state index in [1.807, 2.05) is 25.1 Å². The molecule has 1 aliphatic heterocycles. The molecule has 0 saturated carbocycles. The summed E-state index contributed by atoms with van der Waals surface area (Å²) in [7, 11) is 3.66. The molecule has 0 unspecified atom stereocenters. The molecule has 1 aliphatic rings. The highest BCUT2D eigenvalue weighted by molar-refractivity contribution is 5.82. The second-order valence-corrected chi connectivity index (χ2v) is 8.53. The van der Waals surface area contributed by atoms with Crippen LogP contribution in [0.4, 0.5) is 26.0 Å². The van der Waals surface area contributed by atoms with E-state index in [2.05, 4.69) is 37.1 Å². The molecule has 2 N–H and O–H groups in total. The third-order valence-corrected chi connectivity index (χ3v) is 6.11. The molecule has 8 nitrogen and oxygen atoms in total. The van der Waals surface area contributed by atoms with Crippen LogP contribution in [0, 0.1) is 18.6 Å². The zero-order valence-electron chi connectivity index (χ0n) is 19.7. The number of nitrogens with one attached hydrogen (secondary N) is 2. The summed E-state index contributed by atoms with van der Waals surface area (Å²) in [5.74, 6) is -1.53. The lowest BCUT2D eigenvalue weighted by molar-refractivity contribution is 0.312. The minimum absolute atomic E-state index is 0.111. The van der Waals surface area contributed by atoms with Crippen LogP contribution in [-0.4, -0.2) is 60.2 Å². The van der Waals surface area contributed by atoms with Crippen molar-refractivity contribution >= 4 is 28.1 Å². The zero-order chi connectivity index (χ0) is 24.5. The van der Waals surface area contributed by atoms with Crippen LogP contribution in [0.2, 0.25) is 0 Å². The minimum atomic E-state index is -0.845. The van der Waals surface area contributed by atoms with Crippen LogP contribution in [0.15, 0.2) is 42.7 Å². The van der Waals surface area contributed by atoms with Crippen molar-refractivity contribution < 1.29 is 18.3 Å². The minimum Gasteiger partial charge on any atom is -0.494 e. The quantitative estimate of drug-likeness (QED) is 0.409. The molecule has 0 amide bonds. The monoisotopic (exact) mass is 480 g/mol. The van der Waals surface area contributed by atoms with Gasteiger partial charge in [-0.2, -0.15) is 9.37 Å². The fraction of sp³-hybridized carbons (Fsp3) is 0.280. The largest absolute Gasteiger partial charge is 0.494 e. The molecule has 5 rings (SSSR count). The molecule has 1 fully saturated rings. The number of piperazine rings is 1. The molecule has 0 aliphatic carbocycles. The molecule has 2 aromatic carbocycles. The lowest BCUT2D eigenvalue weighted by atomic mass is 10.2. The number of fused-ring (bicyclic) bond motifs is 1. The van der Waals surface area contributed by atoms with E-state index in [1.165, 1.54) is 6.07 Å². The standard InChI is InChI=1S/C25H26F2N6O2/c1-15-12-17-18(30-15)6-7-20(22(17)26)35-25-23(27)24(28-14-29-25)31-19-5-4-16(13-21(19)34-3)33-10-8-32(2)9-11-33/h4-7,12-14,30H,8-11H2,1-3H3,(H,28,29,31). The van der Waals surface area contributed by atoms with Gasteiger partial charge in [-0.25, -0.2) is 9.37 Å². The maximum Gasteiger partial charge on any atom is 0.261 e. The fourth-order valence-electron chi connectivity index (χ4n) is 4.16. The van der Waals surface area contributed by atoms with Crippen LogP contribution >= 0.6 is 0 Å². The van der Waals surface area contributed by atoms with Crippen LogP contribution in [0.1, 0.15) is 5.69 Å². The molecule has 4 aromatic rings. The van der Waals surface area contributed by atoms with Crippen molar-refractivity contribution in [2.24, 2.45) is 0 Å². The number of methoxy groups -OCH3 is 1. The number of aryl methyl sites for hydroxylation is 1. The van der Waals surface area contributed by atoms with Gasteiger partial charge in [0.1, 0.15) is 12.1 Å². The van der Waals surface area contributed by atoms with Gasteiger partial charge in [-0.05, 0) is 44.3 Å². The van der Waals surface area contributed by atoms with E-state index in [0.29, 0.717) is 22.3 Å². The number of H-pyrrole nitrogens is 1. The second-order valence-electron chi connectivity index (χ2n) is 8.53. The molecular formula is C25H26F2N6O2. The van der Waals surface area contributed by atoms with Crippen molar-refractivity contribution in [2.75, 3.05) is 50.6 Å². The first kappa shape index (κ1) is 22.9. The van der Waals surface area contributed by atoms with E-state index < -0.39 is 11.6 Å². The molecule has 0 atom stereocenters. The van der Waals surface area contributed by atoms with E-state index in [-0.39, 0.29) is 17.4 Å². The van der Waals surface area contributed by atoms with Gasteiger partial charge < -0.3 is 29.6 Å². The maximum absolute atomic E-state index is 15.2. The third-order valence-electron chi connectivity index (χ3n) is 6.11. The Morgan fingerprint density at radius 2 is 1.77 bits per heavy atom. The number of nitrogens with zero attached hydrogens (tertiary/aromatic N) is 4. The summed E-state index contributed by atoms with van der Waals surface area (Å²) in [5, 5.41) is 3.31. The van der Waals surface area contributed by atoms with E-state index in [0.717, 1.165) is 43.9 Å². The molecule has 35 heavy (non-hydrogen) atoms. The fourth-order valence-corrected chi connectivity index (χ4v) is 4.16. The van der Waals surface area contributed by atoms with Crippen LogP contribution in [0.25, 0.3) is 10.9 Å². The Balaban J connectivity index is 1.38. The molecule has 1 saturated heterocycles. The summed E-state index contributed by atoms with van der Waals surface area (Å²) in [5.41, 5.74) is 3.00. The molecule has 0 spiro atoms. The first-order chi connectivity index (χ1) is 16.9. The Labute approximate surface area is 201 Å². The highest BCUT2D eigenvalue weighted by atomic mass is 19.1. The highest BCUT2D eigenvalue weighted by Crippen LogP contribution is 2.35. The number of halogens is 2. The molecule has 182 valence electrons. The van der Waals surface area contributed by atoms with Crippen LogP contribution in [-0.2, 0) is 0 Å². The summed E-state index contributed by atoms with van der Waals surface area (Å²) in [6.45, 7) is 5.62. The Bertz CT molecular complexity index is 1370. The first-order valence-corrected chi connectivity index (χ1v) is 11.3. The molecular weight excluding hydrogens is 454 g/mol. The number of hydrogen-bond donors (Lipinski definition) is 2. The number of aromatic amines is 1. The van der Waals surface area contributed by atoms with Crippen molar-refractivity contribution in [1.29, 1.82) is 0 Å². The molecule has 0 radical (unpaired) electrons. The number of hydrogen-bond acceptors (Lipinski definition) is 7. The smallest absolute Gasteiger partial charge is 0.261 e. The second kappa shape index (κ2) is 9.38. The molecule has 2 aromatic heterocycles. The van der Waals surface area contributed by atoms with Gasteiger partial charge in [0.2, 0.25) is 5.82 Å². The van der Waals surface area contributed by atoms with E-state index in [1.54, 1.807) is 19.2 Å². The Morgan fingerprint density at radius 1 is 0.971 bits per heavy atom. The summed E-state index contributed by atoms with van der Waals surface area (Å²) in [4.78, 5) is 15.5. The SMILES string of the molecule is COc1cc(N2CCN(C)CC2)ccc1Nc1ncnc(Oc2ccc3[nH]c(C)cc3c2F)c1F. The number of benzene rings is 2. The van der Waals surface area contributed by atoms with Gasteiger partial charge in [0.15, 0.2) is 17.4 Å². The average molecular weight is 481 g/mol. The lowest BCUT2D eigenvalue weighted by Crippen LogP contribution is -2.44. The van der Waals surface area contributed by atoms with Crippen molar-refractivity contribution in [3.63, 3.8) is 0 Å². The van der Waals surface area contributed by atoms with Gasteiger partial charge in [0.25, 0.3) is 5.88 Å². The summed E-state index contributed by atoms with van der Waals surface area (Å²) in [6.07, 6.45) is 1.16. The van der Waals surface area contributed by atoms with Crippen molar-refractivity contribution in [3.8, 4) is 17.4 Å². The number of ether oxygens (including phenoxy) is 2. The predicted octanol–water partition coefficient (Wildman–Crippen LogP) is 4.84. The summed E-state index contributed by atoms with van der Waals surface area (Å²) < 4.78 is 41.2. The topological polar surface area (TPSA) is 78.5 Å². The molecule has 0 bridgehead atoms. The number of aromatic nitrogens is 3. The van der Waals surface area contributed by atoms with Gasteiger partial charge in [0, 0.05) is 54.5 Å². The summed E-state index contributed by atoms with van der Waals surface area (Å²) in [6, 6.07) is 10.5. The van der Waals surface area contributed by atoms with Crippen molar-refractivity contribution in [1.82, 2.24) is 19.9 Å². The normalized spacial score (nSPS) is 14.4. The zero-order valence-corrected chi connectivity index (χ0v) is 19.7. The first-order valence-electron chi connectivity index (χ1n) is 11.3. The number of rotatable bonds is 6. The van der Waals surface area contributed by atoms with Crippen LogP contribution in [0.5, 0.6) is 17.4 Å². The van der Waals surface area contributed by atoms with Crippen LogP contribution < -0.4 is 19.7 Å². The lowest BCUT2D eigenvalue weighted by Gasteiger charge is -2.34. The van der Waals surface area contributed by atoms with Crippen molar-refractivity contribution in [3.05, 3.63) is 60.1 Å². The molecule has 3 heterocycles. The van der Waals surface area contributed by atoms with E-state index in [9.17, 15) is 4.39 Å². The average Bonchev–Trinajstić information content (AvgIpc) is 3.25. The van der Waals surface area contributed by atoms with Gasteiger partial charge >= 0.3 is 0 Å². The predicted molar refractivity (Wildman–Crippen MR) is 131 cm³/mol. The van der Waals surface area contributed by atoms with E-state index in [4.69, 9.17) is 9.47 Å². The van der Waals surface area contributed by atoms with Crippen LogP contribution in [0.3, 0.4) is 0 Å². The van der Waals surface area contributed by atoms with Gasteiger partial charge in [-0.1, -0.05) is 0 Å². The van der Waals surface area contributed by atoms with Crippen molar-refractivity contribution in [2.45, 2.75) is 6.92 Å². The third kappa shape index (κ3) is 4.57.